The number of aliphatic hydroxyl groups is 1. The van der Waals surface area contributed by atoms with E-state index in [0.29, 0.717) is 11.9 Å². The van der Waals surface area contributed by atoms with Crippen LogP contribution < -0.4 is 0 Å². The molecule has 0 aliphatic carbocycles. The molecule has 3 heteroatoms. The van der Waals surface area contributed by atoms with E-state index in [2.05, 4.69) is 11.0 Å². The number of likely N-dealkylation sites (tertiary alicyclic amines) is 1. The summed E-state index contributed by atoms with van der Waals surface area (Å²) in [5.74, 6) is 0.581. The molecule has 0 aromatic rings. The van der Waals surface area contributed by atoms with Crippen molar-refractivity contribution in [2.45, 2.75) is 18.9 Å². The minimum absolute atomic E-state index is 0.286. The summed E-state index contributed by atoms with van der Waals surface area (Å²) in [5.41, 5.74) is 0. The highest BCUT2D eigenvalue weighted by atomic mass is 35.5. The number of halogens is 1. The van der Waals surface area contributed by atoms with Gasteiger partial charge in [0.1, 0.15) is 0 Å². The lowest BCUT2D eigenvalue weighted by molar-refractivity contribution is 0.170. The predicted octanol–water partition coefficient (Wildman–Crippen LogP) is 1.24. The van der Waals surface area contributed by atoms with E-state index in [1.54, 1.807) is 0 Å². The van der Waals surface area contributed by atoms with E-state index >= 15 is 0 Å². The molecule has 0 bridgehead atoms. The average molecular weight is 190 g/mol. The van der Waals surface area contributed by atoms with E-state index in [9.17, 15) is 0 Å². The molecule has 1 unspecified atom stereocenters. The fourth-order valence-corrected chi connectivity index (χ4v) is 1.74. The maximum Gasteiger partial charge on any atom is 0.0587 e. The van der Waals surface area contributed by atoms with Crippen molar-refractivity contribution < 1.29 is 5.11 Å². The Kier molecular flexibility index (Phi) is 4.66. The standard InChI is InChI=1S/C9H16ClNO/c10-5-1-2-6-11-7-3-4-9(11)8-12/h1-2,9,12H,3-8H2. The zero-order valence-electron chi connectivity index (χ0n) is 7.25. The Morgan fingerprint density at radius 2 is 2.33 bits per heavy atom. The molecule has 1 N–H and O–H groups in total. The molecule has 2 nitrogen and oxygen atoms in total. The first kappa shape index (κ1) is 10.0. The smallest absolute Gasteiger partial charge is 0.0587 e. The molecule has 1 fully saturated rings. The van der Waals surface area contributed by atoms with Crippen LogP contribution in [0.4, 0.5) is 0 Å². The van der Waals surface area contributed by atoms with Crippen LogP contribution in [0.5, 0.6) is 0 Å². The lowest BCUT2D eigenvalue weighted by Gasteiger charge is -2.20. The lowest BCUT2D eigenvalue weighted by atomic mass is 10.2. The molecule has 1 rings (SSSR count). The minimum Gasteiger partial charge on any atom is -0.395 e. The summed E-state index contributed by atoms with van der Waals surface area (Å²) < 4.78 is 0. The zero-order valence-corrected chi connectivity index (χ0v) is 8.00. The van der Waals surface area contributed by atoms with Gasteiger partial charge in [-0.1, -0.05) is 12.2 Å². The van der Waals surface area contributed by atoms with Crippen LogP contribution in [0.15, 0.2) is 12.2 Å². The normalized spacial score (nSPS) is 25.7. The highest BCUT2D eigenvalue weighted by Gasteiger charge is 2.21. The topological polar surface area (TPSA) is 23.5 Å². The van der Waals surface area contributed by atoms with E-state index in [4.69, 9.17) is 16.7 Å². The molecule has 0 aromatic carbocycles. The van der Waals surface area contributed by atoms with Crippen LogP contribution in [0.1, 0.15) is 12.8 Å². The Hall–Kier alpha value is -0.0500. The summed E-state index contributed by atoms with van der Waals surface area (Å²) in [6.07, 6.45) is 6.36. The monoisotopic (exact) mass is 189 g/mol. The Labute approximate surface area is 78.8 Å². The largest absolute Gasteiger partial charge is 0.395 e. The SMILES string of the molecule is OCC1CCCN1CC=CCCl. The van der Waals surface area contributed by atoms with Crippen molar-refractivity contribution in [3.63, 3.8) is 0 Å². The van der Waals surface area contributed by atoms with Crippen LogP contribution in [0, 0.1) is 0 Å². The highest BCUT2D eigenvalue weighted by molar-refractivity contribution is 6.18. The molecular formula is C9H16ClNO. The number of allylic oxidation sites excluding steroid dienone is 1. The molecule has 0 spiro atoms. The van der Waals surface area contributed by atoms with Crippen LogP contribution in [0.3, 0.4) is 0 Å². The van der Waals surface area contributed by atoms with Gasteiger partial charge in [0.25, 0.3) is 0 Å². The van der Waals surface area contributed by atoms with Crippen molar-refractivity contribution in [3.8, 4) is 0 Å². The number of nitrogens with zero attached hydrogens (tertiary/aromatic N) is 1. The number of hydrogen-bond donors (Lipinski definition) is 1. The fraction of sp³-hybridized carbons (Fsp3) is 0.778. The van der Waals surface area contributed by atoms with Gasteiger partial charge in [0.15, 0.2) is 0 Å². The number of rotatable bonds is 4. The van der Waals surface area contributed by atoms with Gasteiger partial charge in [-0.2, -0.15) is 0 Å². The molecule has 12 heavy (non-hydrogen) atoms. The van der Waals surface area contributed by atoms with Crippen molar-refractivity contribution in [2.24, 2.45) is 0 Å². The van der Waals surface area contributed by atoms with E-state index in [1.165, 1.54) is 6.42 Å². The molecule has 1 heterocycles. The quantitative estimate of drug-likeness (QED) is 0.532. The first-order valence-electron chi connectivity index (χ1n) is 4.44. The van der Waals surface area contributed by atoms with Crippen LogP contribution in [-0.2, 0) is 0 Å². The second-order valence-corrected chi connectivity index (χ2v) is 3.41. The van der Waals surface area contributed by atoms with Gasteiger partial charge in [-0.15, -0.1) is 11.6 Å². The Balaban J connectivity index is 2.25. The Morgan fingerprint density at radius 1 is 1.50 bits per heavy atom. The van der Waals surface area contributed by atoms with Crippen LogP contribution >= 0.6 is 11.6 Å². The second kappa shape index (κ2) is 5.57. The maximum atomic E-state index is 9.00. The molecule has 1 atom stereocenters. The summed E-state index contributed by atoms with van der Waals surface area (Å²) in [5, 5.41) is 9.00. The van der Waals surface area contributed by atoms with Gasteiger partial charge in [-0.3, -0.25) is 4.90 Å². The Bertz CT molecular complexity index is 149. The van der Waals surface area contributed by atoms with E-state index < -0.39 is 0 Å². The molecule has 70 valence electrons. The molecule has 0 radical (unpaired) electrons. The summed E-state index contributed by atoms with van der Waals surface area (Å²) in [6.45, 7) is 2.32. The third kappa shape index (κ3) is 2.77. The van der Waals surface area contributed by atoms with Crippen LogP contribution in [-0.4, -0.2) is 41.6 Å². The van der Waals surface area contributed by atoms with Crippen molar-refractivity contribution in [3.05, 3.63) is 12.2 Å². The summed E-state index contributed by atoms with van der Waals surface area (Å²) in [6, 6.07) is 0.380. The van der Waals surface area contributed by atoms with E-state index in [0.717, 1.165) is 19.5 Å². The summed E-state index contributed by atoms with van der Waals surface area (Å²) in [7, 11) is 0. The van der Waals surface area contributed by atoms with Crippen molar-refractivity contribution in [2.75, 3.05) is 25.6 Å². The molecule has 1 aliphatic heterocycles. The first-order chi connectivity index (χ1) is 5.88. The first-order valence-corrected chi connectivity index (χ1v) is 4.97. The van der Waals surface area contributed by atoms with Crippen LogP contribution in [0.25, 0.3) is 0 Å². The zero-order chi connectivity index (χ0) is 8.81. The molecule has 1 saturated heterocycles. The molecular weight excluding hydrogens is 174 g/mol. The third-order valence-electron chi connectivity index (χ3n) is 2.31. The van der Waals surface area contributed by atoms with Gasteiger partial charge in [-0.25, -0.2) is 0 Å². The van der Waals surface area contributed by atoms with Crippen molar-refractivity contribution in [1.29, 1.82) is 0 Å². The maximum absolute atomic E-state index is 9.00. The van der Waals surface area contributed by atoms with Crippen molar-refractivity contribution >= 4 is 11.6 Å². The van der Waals surface area contributed by atoms with Crippen molar-refractivity contribution in [1.82, 2.24) is 4.90 Å². The van der Waals surface area contributed by atoms with Gasteiger partial charge < -0.3 is 5.11 Å². The summed E-state index contributed by atoms with van der Waals surface area (Å²) in [4.78, 5) is 2.29. The van der Waals surface area contributed by atoms with Gasteiger partial charge in [0.2, 0.25) is 0 Å². The number of hydrogen-bond acceptors (Lipinski definition) is 2. The number of aliphatic hydroxyl groups excluding tert-OH is 1. The highest BCUT2D eigenvalue weighted by Crippen LogP contribution is 2.15. The predicted molar refractivity (Wildman–Crippen MR) is 51.5 cm³/mol. The van der Waals surface area contributed by atoms with Gasteiger partial charge >= 0.3 is 0 Å². The van der Waals surface area contributed by atoms with E-state index in [1.807, 2.05) is 6.08 Å². The molecule has 0 amide bonds. The Morgan fingerprint density at radius 3 is 3.00 bits per heavy atom. The second-order valence-electron chi connectivity index (χ2n) is 3.10. The fourth-order valence-electron chi connectivity index (χ4n) is 1.62. The number of alkyl halides is 1. The average Bonchev–Trinajstić information content (AvgIpc) is 2.52. The van der Waals surface area contributed by atoms with Gasteiger partial charge in [-0.05, 0) is 19.4 Å². The van der Waals surface area contributed by atoms with Crippen LogP contribution in [0.2, 0.25) is 0 Å². The molecule has 0 aromatic heterocycles. The lowest BCUT2D eigenvalue weighted by Crippen LogP contribution is -2.32. The molecule has 1 aliphatic rings. The third-order valence-corrected chi connectivity index (χ3v) is 2.48. The summed E-state index contributed by atoms with van der Waals surface area (Å²) >= 11 is 5.50. The molecule has 0 saturated carbocycles. The minimum atomic E-state index is 0.286. The van der Waals surface area contributed by atoms with Gasteiger partial charge in [0, 0.05) is 18.5 Å². The van der Waals surface area contributed by atoms with Gasteiger partial charge in [0.05, 0.1) is 6.61 Å². The van der Waals surface area contributed by atoms with E-state index in [-0.39, 0.29) is 6.61 Å².